The molecule has 4 atom stereocenters. The molecule has 1 aliphatic heterocycles. The maximum atomic E-state index is 12.3. The van der Waals surface area contributed by atoms with E-state index < -0.39 is 6.04 Å². The van der Waals surface area contributed by atoms with Crippen LogP contribution in [0.5, 0.6) is 0 Å². The van der Waals surface area contributed by atoms with Crippen molar-refractivity contribution in [1.82, 2.24) is 15.5 Å². The second-order valence-corrected chi connectivity index (χ2v) is 7.06. The molecule has 0 radical (unpaired) electrons. The minimum atomic E-state index is -0.414. The van der Waals surface area contributed by atoms with Crippen LogP contribution in [-0.2, 0) is 4.79 Å². The lowest BCUT2D eigenvalue weighted by Crippen LogP contribution is -2.47. The number of carbonyl (C=O) groups is 2. The van der Waals surface area contributed by atoms with Crippen LogP contribution in [0.2, 0.25) is 5.02 Å². The molecular weight excluding hydrogens is 314 g/mol. The summed E-state index contributed by atoms with van der Waals surface area (Å²) >= 11 is 5.95. The molecule has 0 aromatic heterocycles. The fraction of sp³-hybridized carbons (Fsp3) is 0.529. The monoisotopic (exact) mass is 335 g/mol. The molecule has 1 heterocycles. The van der Waals surface area contributed by atoms with Crippen LogP contribution in [0.15, 0.2) is 24.3 Å². The number of urea groups is 1. The summed E-state index contributed by atoms with van der Waals surface area (Å²) in [6.45, 7) is 2.87. The van der Waals surface area contributed by atoms with Gasteiger partial charge in [0, 0.05) is 18.6 Å². The maximum absolute atomic E-state index is 12.3. The standard InChI is InChI=1S/C17H22ClN3O2/c1-10-9-13(10)15(11-3-5-12(18)6-4-11)20-17(23)19-14-7-8-21(2)16(14)22/h3-6,10,13-15H,7-9H2,1-2H3,(H2,19,20,23)/t10-,13+,14+,15-/m1/s1. The number of halogens is 1. The Hall–Kier alpha value is -1.75. The lowest BCUT2D eigenvalue weighted by molar-refractivity contribution is -0.128. The van der Waals surface area contributed by atoms with Crippen molar-refractivity contribution in [2.75, 3.05) is 13.6 Å². The second kappa shape index (κ2) is 6.40. The lowest BCUT2D eigenvalue weighted by atomic mass is 10.0. The van der Waals surface area contributed by atoms with E-state index in [1.807, 2.05) is 24.3 Å². The predicted molar refractivity (Wildman–Crippen MR) is 89.2 cm³/mol. The fourth-order valence-electron chi connectivity index (χ4n) is 3.22. The quantitative estimate of drug-likeness (QED) is 0.888. The summed E-state index contributed by atoms with van der Waals surface area (Å²) in [5.41, 5.74) is 1.05. The number of nitrogens with one attached hydrogen (secondary N) is 2. The van der Waals surface area contributed by atoms with E-state index in [-0.39, 0.29) is 18.0 Å². The summed E-state index contributed by atoms with van der Waals surface area (Å²) in [4.78, 5) is 25.9. The van der Waals surface area contributed by atoms with Crippen LogP contribution >= 0.6 is 11.6 Å². The first-order valence-corrected chi connectivity index (χ1v) is 8.41. The molecule has 2 N–H and O–H groups in total. The van der Waals surface area contributed by atoms with Gasteiger partial charge in [0.25, 0.3) is 0 Å². The summed E-state index contributed by atoms with van der Waals surface area (Å²) in [7, 11) is 1.75. The topological polar surface area (TPSA) is 61.4 Å². The van der Waals surface area contributed by atoms with Crippen molar-refractivity contribution in [2.24, 2.45) is 11.8 Å². The molecule has 1 saturated carbocycles. The number of carbonyl (C=O) groups excluding carboxylic acids is 2. The Morgan fingerprint density at radius 1 is 1.35 bits per heavy atom. The van der Waals surface area contributed by atoms with Gasteiger partial charge in [0.1, 0.15) is 6.04 Å². The van der Waals surface area contributed by atoms with E-state index in [2.05, 4.69) is 17.6 Å². The number of benzene rings is 1. The highest BCUT2D eigenvalue weighted by molar-refractivity contribution is 6.30. The van der Waals surface area contributed by atoms with E-state index in [1.54, 1.807) is 11.9 Å². The largest absolute Gasteiger partial charge is 0.344 e. The molecule has 0 bridgehead atoms. The first-order chi connectivity index (χ1) is 11.0. The number of hydrogen-bond donors (Lipinski definition) is 2. The van der Waals surface area contributed by atoms with Crippen LogP contribution in [0.25, 0.3) is 0 Å². The zero-order valence-corrected chi connectivity index (χ0v) is 14.1. The van der Waals surface area contributed by atoms with Gasteiger partial charge in [-0.1, -0.05) is 30.7 Å². The van der Waals surface area contributed by atoms with E-state index in [0.29, 0.717) is 29.8 Å². The van der Waals surface area contributed by atoms with Gasteiger partial charge in [0.2, 0.25) is 5.91 Å². The zero-order valence-electron chi connectivity index (χ0n) is 13.4. The molecule has 6 heteroatoms. The molecule has 2 fully saturated rings. The molecule has 3 amide bonds. The third-order valence-electron chi connectivity index (χ3n) is 4.85. The number of likely N-dealkylation sites (tertiary alicyclic amines) is 1. The minimum absolute atomic E-state index is 0.0250. The van der Waals surface area contributed by atoms with Gasteiger partial charge < -0.3 is 15.5 Å². The molecule has 0 spiro atoms. The molecule has 124 valence electrons. The van der Waals surface area contributed by atoms with Crippen molar-refractivity contribution in [3.63, 3.8) is 0 Å². The van der Waals surface area contributed by atoms with Crippen LogP contribution in [0.1, 0.15) is 31.4 Å². The van der Waals surface area contributed by atoms with Crippen molar-refractivity contribution in [3.8, 4) is 0 Å². The maximum Gasteiger partial charge on any atom is 0.315 e. The van der Waals surface area contributed by atoms with Gasteiger partial charge in [-0.25, -0.2) is 4.79 Å². The molecule has 1 saturated heterocycles. The Morgan fingerprint density at radius 3 is 2.52 bits per heavy atom. The van der Waals surface area contributed by atoms with Gasteiger partial charge in [0.15, 0.2) is 0 Å². The van der Waals surface area contributed by atoms with Crippen LogP contribution in [0.4, 0.5) is 4.79 Å². The summed E-state index contributed by atoms with van der Waals surface area (Å²) in [6.07, 6.45) is 1.76. The van der Waals surface area contributed by atoms with Gasteiger partial charge in [-0.05, 0) is 42.4 Å². The van der Waals surface area contributed by atoms with Crippen molar-refractivity contribution >= 4 is 23.5 Å². The molecule has 3 rings (SSSR count). The van der Waals surface area contributed by atoms with E-state index in [0.717, 1.165) is 12.0 Å². The van der Waals surface area contributed by atoms with Gasteiger partial charge in [-0.3, -0.25) is 4.79 Å². The van der Waals surface area contributed by atoms with Gasteiger partial charge >= 0.3 is 6.03 Å². The number of rotatable bonds is 4. The minimum Gasteiger partial charge on any atom is -0.344 e. The normalized spacial score (nSPS) is 27.7. The fourth-order valence-corrected chi connectivity index (χ4v) is 3.35. The molecule has 1 aromatic rings. The highest BCUT2D eigenvalue weighted by Gasteiger charge is 2.41. The third kappa shape index (κ3) is 3.61. The lowest BCUT2D eigenvalue weighted by Gasteiger charge is -2.21. The zero-order chi connectivity index (χ0) is 16.6. The Kier molecular flexibility index (Phi) is 4.48. The molecule has 5 nitrogen and oxygen atoms in total. The molecule has 23 heavy (non-hydrogen) atoms. The summed E-state index contributed by atoms with van der Waals surface area (Å²) in [5.74, 6) is 1.00. The van der Waals surface area contributed by atoms with E-state index in [9.17, 15) is 9.59 Å². The molecule has 1 aromatic carbocycles. The molecule has 1 aliphatic carbocycles. The molecule has 0 unspecified atom stereocenters. The van der Waals surface area contributed by atoms with Crippen molar-refractivity contribution < 1.29 is 9.59 Å². The average Bonchev–Trinajstić information content (AvgIpc) is 3.17. The number of hydrogen-bond acceptors (Lipinski definition) is 2. The van der Waals surface area contributed by atoms with E-state index >= 15 is 0 Å². The predicted octanol–water partition coefficient (Wildman–Crippen LogP) is 2.57. The Labute approximate surface area is 141 Å². The van der Waals surface area contributed by atoms with E-state index in [1.165, 1.54) is 0 Å². The second-order valence-electron chi connectivity index (χ2n) is 6.62. The Balaban J connectivity index is 1.65. The smallest absolute Gasteiger partial charge is 0.315 e. The van der Waals surface area contributed by atoms with Crippen LogP contribution in [0, 0.1) is 11.8 Å². The van der Waals surface area contributed by atoms with Crippen molar-refractivity contribution in [1.29, 1.82) is 0 Å². The Bertz CT molecular complexity index is 604. The summed E-state index contributed by atoms with van der Waals surface area (Å²) < 4.78 is 0. The van der Waals surface area contributed by atoms with Crippen molar-refractivity contribution in [3.05, 3.63) is 34.9 Å². The van der Waals surface area contributed by atoms with Gasteiger partial charge in [0.05, 0.1) is 6.04 Å². The molecular formula is C17H22ClN3O2. The number of amides is 3. The number of nitrogens with zero attached hydrogens (tertiary/aromatic N) is 1. The van der Waals surface area contributed by atoms with E-state index in [4.69, 9.17) is 11.6 Å². The first kappa shape index (κ1) is 16.1. The van der Waals surface area contributed by atoms with Crippen LogP contribution in [-0.4, -0.2) is 36.5 Å². The van der Waals surface area contributed by atoms with Crippen LogP contribution < -0.4 is 10.6 Å². The Morgan fingerprint density at radius 2 is 2.00 bits per heavy atom. The molecule has 2 aliphatic rings. The first-order valence-electron chi connectivity index (χ1n) is 8.03. The summed E-state index contributed by atoms with van der Waals surface area (Å²) in [5, 5.41) is 6.53. The third-order valence-corrected chi connectivity index (χ3v) is 5.10. The number of likely N-dealkylation sites (N-methyl/N-ethyl adjacent to an activating group) is 1. The van der Waals surface area contributed by atoms with Crippen molar-refractivity contribution in [2.45, 2.75) is 31.8 Å². The average molecular weight is 336 g/mol. The SMILES string of the molecule is C[C@@H]1C[C@@H]1[C@H](NC(=O)N[C@H]1CCN(C)C1=O)c1ccc(Cl)cc1. The van der Waals surface area contributed by atoms with Gasteiger partial charge in [-0.15, -0.1) is 0 Å². The summed E-state index contributed by atoms with van der Waals surface area (Å²) in [6, 6.07) is 6.84. The highest BCUT2D eigenvalue weighted by atomic mass is 35.5. The highest BCUT2D eigenvalue weighted by Crippen LogP contribution is 2.47. The van der Waals surface area contributed by atoms with Gasteiger partial charge in [-0.2, -0.15) is 0 Å². The van der Waals surface area contributed by atoms with Crippen LogP contribution in [0.3, 0.4) is 0 Å².